The van der Waals surface area contributed by atoms with E-state index in [0.29, 0.717) is 25.1 Å². The number of ether oxygens (including phenoxy) is 1. The molecule has 6 nitrogen and oxygen atoms in total. The number of para-hydroxylation sites is 2. The van der Waals surface area contributed by atoms with Gasteiger partial charge in [0.1, 0.15) is 12.4 Å². The largest absolute Gasteiger partial charge is 0.465 e. The molecule has 3 aromatic rings. The summed E-state index contributed by atoms with van der Waals surface area (Å²) in [5.74, 6) is 0.452. The fourth-order valence-electron chi connectivity index (χ4n) is 2.97. The van der Waals surface area contributed by atoms with Crippen LogP contribution in [0, 0.1) is 0 Å². The van der Waals surface area contributed by atoms with Gasteiger partial charge < -0.3 is 14.6 Å². The van der Waals surface area contributed by atoms with Crippen molar-refractivity contribution in [3.63, 3.8) is 0 Å². The lowest BCUT2D eigenvalue weighted by Crippen LogP contribution is -2.25. The normalized spacial score (nSPS) is 10.7. The zero-order valence-corrected chi connectivity index (χ0v) is 15.4. The van der Waals surface area contributed by atoms with Crippen molar-refractivity contribution in [1.82, 2.24) is 14.9 Å². The van der Waals surface area contributed by atoms with Crippen molar-refractivity contribution in [3.8, 4) is 0 Å². The van der Waals surface area contributed by atoms with E-state index >= 15 is 0 Å². The maximum Gasteiger partial charge on any atom is 0.326 e. The maximum atomic E-state index is 12.1. The molecule has 2 aromatic carbocycles. The fraction of sp³-hybridized carbons (Fsp3) is 0.286. The Morgan fingerprint density at radius 2 is 1.81 bits per heavy atom. The van der Waals surface area contributed by atoms with Crippen LogP contribution in [0.15, 0.2) is 54.6 Å². The molecule has 1 amide bonds. The van der Waals surface area contributed by atoms with Gasteiger partial charge >= 0.3 is 5.97 Å². The summed E-state index contributed by atoms with van der Waals surface area (Å²) in [6.07, 6.45) is 1.38. The number of rotatable bonds is 8. The first-order valence-corrected chi connectivity index (χ1v) is 9.12. The minimum absolute atomic E-state index is 0.0874. The molecule has 0 spiro atoms. The van der Waals surface area contributed by atoms with Crippen LogP contribution in [0.2, 0.25) is 0 Å². The van der Waals surface area contributed by atoms with Crippen molar-refractivity contribution in [2.24, 2.45) is 0 Å². The fourth-order valence-corrected chi connectivity index (χ4v) is 2.97. The molecule has 0 unspecified atom stereocenters. The number of esters is 1. The van der Waals surface area contributed by atoms with Gasteiger partial charge in [0, 0.05) is 18.5 Å². The molecule has 0 aliphatic heterocycles. The second-order valence-electron chi connectivity index (χ2n) is 6.13. The van der Waals surface area contributed by atoms with Gasteiger partial charge in [-0.15, -0.1) is 0 Å². The molecule has 0 radical (unpaired) electrons. The third-order valence-corrected chi connectivity index (χ3v) is 4.22. The SMILES string of the molecule is CCOC(=O)Cn1c(CCCNC(=O)c2ccccc2)nc2ccccc21. The topological polar surface area (TPSA) is 73.2 Å². The second-order valence-corrected chi connectivity index (χ2v) is 6.13. The quantitative estimate of drug-likeness (QED) is 0.492. The monoisotopic (exact) mass is 365 g/mol. The lowest BCUT2D eigenvalue weighted by atomic mass is 10.2. The van der Waals surface area contributed by atoms with Gasteiger partial charge in [0.25, 0.3) is 5.91 Å². The number of aryl methyl sites for hydroxylation is 1. The number of amides is 1. The summed E-state index contributed by atoms with van der Waals surface area (Å²) in [7, 11) is 0. The molecule has 0 saturated heterocycles. The highest BCUT2D eigenvalue weighted by molar-refractivity contribution is 5.94. The van der Waals surface area contributed by atoms with E-state index in [0.717, 1.165) is 23.3 Å². The van der Waals surface area contributed by atoms with Crippen molar-refractivity contribution >= 4 is 22.9 Å². The minimum Gasteiger partial charge on any atom is -0.465 e. The standard InChI is InChI=1S/C21H23N3O3/c1-2-27-20(25)15-24-18-12-7-6-11-17(18)23-19(24)13-8-14-22-21(26)16-9-4-3-5-10-16/h3-7,9-12H,2,8,13-15H2,1H3,(H,22,26). The van der Waals surface area contributed by atoms with Gasteiger partial charge in [0.15, 0.2) is 0 Å². The zero-order chi connectivity index (χ0) is 19.1. The van der Waals surface area contributed by atoms with Crippen molar-refractivity contribution in [2.45, 2.75) is 26.3 Å². The van der Waals surface area contributed by atoms with Gasteiger partial charge in [-0.05, 0) is 37.6 Å². The van der Waals surface area contributed by atoms with Crippen LogP contribution in [-0.2, 0) is 22.5 Å². The molecular weight excluding hydrogens is 342 g/mol. The average molecular weight is 365 g/mol. The predicted molar refractivity (Wildman–Crippen MR) is 103 cm³/mol. The predicted octanol–water partition coefficient (Wildman–Crippen LogP) is 2.96. The first-order valence-electron chi connectivity index (χ1n) is 9.12. The Morgan fingerprint density at radius 3 is 2.59 bits per heavy atom. The lowest BCUT2D eigenvalue weighted by molar-refractivity contribution is -0.143. The molecule has 0 atom stereocenters. The summed E-state index contributed by atoms with van der Waals surface area (Å²) in [5.41, 5.74) is 2.41. The Bertz CT molecular complexity index is 919. The number of benzene rings is 2. The Labute approximate surface area is 158 Å². The molecule has 140 valence electrons. The summed E-state index contributed by atoms with van der Waals surface area (Å²) >= 11 is 0. The van der Waals surface area contributed by atoms with E-state index in [2.05, 4.69) is 10.3 Å². The number of imidazole rings is 1. The molecular formula is C21H23N3O3. The average Bonchev–Trinajstić information content (AvgIpc) is 3.03. The number of nitrogens with zero attached hydrogens (tertiary/aromatic N) is 2. The molecule has 0 aliphatic rings. The third kappa shape index (κ3) is 4.73. The van der Waals surface area contributed by atoms with Crippen LogP contribution < -0.4 is 5.32 Å². The van der Waals surface area contributed by atoms with Crippen LogP contribution in [0.1, 0.15) is 29.5 Å². The van der Waals surface area contributed by atoms with E-state index < -0.39 is 0 Å². The Hall–Kier alpha value is -3.15. The second kappa shape index (κ2) is 8.98. The summed E-state index contributed by atoms with van der Waals surface area (Å²) in [5, 5.41) is 2.92. The van der Waals surface area contributed by atoms with Gasteiger partial charge in [0.05, 0.1) is 17.6 Å². The number of nitrogens with one attached hydrogen (secondary N) is 1. The van der Waals surface area contributed by atoms with Crippen LogP contribution in [0.5, 0.6) is 0 Å². The molecule has 27 heavy (non-hydrogen) atoms. The number of aromatic nitrogens is 2. The molecule has 1 heterocycles. The molecule has 0 saturated carbocycles. The highest BCUT2D eigenvalue weighted by Crippen LogP contribution is 2.17. The Balaban J connectivity index is 1.64. The Kier molecular flexibility index (Phi) is 6.20. The van der Waals surface area contributed by atoms with E-state index in [1.54, 1.807) is 19.1 Å². The van der Waals surface area contributed by atoms with Gasteiger partial charge in [-0.25, -0.2) is 4.98 Å². The first-order chi connectivity index (χ1) is 13.2. The molecule has 1 aromatic heterocycles. The first kappa shape index (κ1) is 18.6. The summed E-state index contributed by atoms with van der Waals surface area (Å²) in [6.45, 7) is 2.82. The summed E-state index contributed by atoms with van der Waals surface area (Å²) < 4.78 is 6.98. The highest BCUT2D eigenvalue weighted by Gasteiger charge is 2.14. The van der Waals surface area contributed by atoms with Crippen LogP contribution in [0.4, 0.5) is 0 Å². The zero-order valence-electron chi connectivity index (χ0n) is 15.4. The highest BCUT2D eigenvalue weighted by atomic mass is 16.5. The van der Waals surface area contributed by atoms with Crippen LogP contribution in [0.25, 0.3) is 11.0 Å². The van der Waals surface area contributed by atoms with Gasteiger partial charge in [0.2, 0.25) is 0 Å². The smallest absolute Gasteiger partial charge is 0.326 e. The molecule has 6 heteroatoms. The Morgan fingerprint density at radius 1 is 1.07 bits per heavy atom. The molecule has 0 bridgehead atoms. The van der Waals surface area contributed by atoms with E-state index in [9.17, 15) is 9.59 Å². The number of hydrogen-bond donors (Lipinski definition) is 1. The van der Waals surface area contributed by atoms with Crippen molar-refractivity contribution in [3.05, 3.63) is 66.0 Å². The van der Waals surface area contributed by atoms with E-state index in [-0.39, 0.29) is 18.4 Å². The molecule has 0 aliphatic carbocycles. The lowest BCUT2D eigenvalue weighted by Gasteiger charge is -2.09. The van der Waals surface area contributed by atoms with E-state index in [4.69, 9.17) is 4.74 Å². The van der Waals surface area contributed by atoms with Crippen molar-refractivity contribution in [2.75, 3.05) is 13.2 Å². The van der Waals surface area contributed by atoms with Crippen molar-refractivity contribution < 1.29 is 14.3 Å². The number of carbonyl (C=O) groups is 2. The van der Waals surface area contributed by atoms with Crippen molar-refractivity contribution in [1.29, 1.82) is 0 Å². The minimum atomic E-state index is -0.278. The van der Waals surface area contributed by atoms with Crippen LogP contribution in [-0.4, -0.2) is 34.6 Å². The number of carbonyl (C=O) groups excluding carboxylic acids is 2. The number of fused-ring (bicyclic) bond motifs is 1. The van der Waals surface area contributed by atoms with Gasteiger partial charge in [-0.1, -0.05) is 30.3 Å². The van der Waals surface area contributed by atoms with Gasteiger partial charge in [-0.2, -0.15) is 0 Å². The molecule has 3 rings (SSSR count). The van der Waals surface area contributed by atoms with Crippen LogP contribution >= 0.6 is 0 Å². The van der Waals surface area contributed by atoms with Gasteiger partial charge in [-0.3, -0.25) is 9.59 Å². The van der Waals surface area contributed by atoms with E-state index in [1.807, 2.05) is 47.0 Å². The van der Waals surface area contributed by atoms with E-state index in [1.165, 1.54) is 0 Å². The summed E-state index contributed by atoms with van der Waals surface area (Å²) in [4.78, 5) is 28.7. The maximum absolute atomic E-state index is 12.1. The molecule has 1 N–H and O–H groups in total. The summed E-state index contributed by atoms with van der Waals surface area (Å²) in [6, 6.07) is 16.9. The third-order valence-electron chi connectivity index (χ3n) is 4.22. The van der Waals surface area contributed by atoms with Crippen LogP contribution in [0.3, 0.4) is 0 Å². The number of hydrogen-bond acceptors (Lipinski definition) is 4. The molecule has 0 fully saturated rings.